The Balaban J connectivity index is 1.18. The Bertz CT molecular complexity index is 1600. The van der Waals surface area contributed by atoms with Gasteiger partial charge in [-0.1, -0.05) is 12.8 Å². The van der Waals surface area contributed by atoms with Crippen molar-refractivity contribution < 1.29 is 18.7 Å². The molecule has 4 aromatic rings. The normalized spacial score (nSPS) is 16.8. The summed E-state index contributed by atoms with van der Waals surface area (Å²) < 4.78 is 18.7. The van der Waals surface area contributed by atoms with E-state index in [1.807, 2.05) is 31.2 Å². The Hall–Kier alpha value is -3.91. The van der Waals surface area contributed by atoms with E-state index in [9.17, 15) is 9.59 Å². The van der Waals surface area contributed by atoms with Crippen molar-refractivity contribution >= 4 is 27.8 Å². The lowest BCUT2D eigenvalue weighted by Gasteiger charge is -2.29. The first-order valence-corrected chi connectivity index (χ1v) is 14.7. The predicted molar refractivity (Wildman–Crippen MR) is 159 cm³/mol. The number of rotatable bonds is 8. The van der Waals surface area contributed by atoms with Crippen LogP contribution in [0.15, 0.2) is 57.9 Å². The summed E-state index contributed by atoms with van der Waals surface area (Å²) in [5.41, 5.74) is 2.61. The molecule has 2 aliphatic rings. The third-order valence-electron chi connectivity index (χ3n) is 8.17. The summed E-state index contributed by atoms with van der Waals surface area (Å²) in [7, 11) is 2.12. The molecule has 2 aromatic carbocycles. The second-order valence-corrected chi connectivity index (χ2v) is 11.5. The summed E-state index contributed by atoms with van der Waals surface area (Å²) in [5, 5.41) is 4.13. The van der Waals surface area contributed by atoms with Gasteiger partial charge in [-0.25, -0.2) is 0 Å². The highest BCUT2D eigenvalue weighted by Gasteiger charge is 2.21. The number of amides is 1. The van der Waals surface area contributed by atoms with Gasteiger partial charge in [0.15, 0.2) is 11.3 Å². The zero-order valence-electron chi connectivity index (χ0n) is 23.8. The molecular weight excluding hydrogens is 518 g/mol. The maximum absolute atomic E-state index is 13.4. The summed E-state index contributed by atoms with van der Waals surface area (Å²) in [6, 6.07) is 13.1. The average molecular weight is 556 g/mol. The van der Waals surface area contributed by atoms with Crippen molar-refractivity contribution in [3.05, 3.63) is 70.1 Å². The first-order valence-electron chi connectivity index (χ1n) is 14.7. The molecule has 2 aromatic heterocycles. The average Bonchev–Trinajstić information content (AvgIpc) is 3.47. The number of nitrogens with zero attached hydrogens (tertiary/aromatic N) is 2. The number of piperidine rings is 1. The van der Waals surface area contributed by atoms with Crippen molar-refractivity contribution in [3.63, 3.8) is 0 Å². The number of nitrogens with one attached hydrogen (secondary N) is 1. The van der Waals surface area contributed by atoms with Crippen molar-refractivity contribution in [2.24, 2.45) is 0 Å². The van der Waals surface area contributed by atoms with E-state index in [0.717, 1.165) is 50.0 Å². The first-order chi connectivity index (χ1) is 19.9. The van der Waals surface area contributed by atoms with Gasteiger partial charge in [-0.15, -0.1) is 0 Å². The Kier molecular flexibility index (Phi) is 7.92. The van der Waals surface area contributed by atoms with E-state index in [2.05, 4.69) is 22.2 Å². The van der Waals surface area contributed by atoms with Crippen LogP contribution in [0.1, 0.15) is 56.2 Å². The lowest BCUT2D eigenvalue weighted by molar-refractivity contribution is -0.121. The SMILES string of the molecule is Cc1cc(OC2CCN(C)CC2)c2oc3cc(Oc4ccc(CCC(=O)NC5CCCC5)nc4)ccc3c(=O)c2c1. The zero-order valence-corrected chi connectivity index (χ0v) is 23.8. The number of carbonyl (C=O) groups is 1. The topological polar surface area (TPSA) is 93.9 Å². The number of hydrogen-bond donors (Lipinski definition) is 1. The van der Waals surface area contributed by atoms with Gasteiger partial charge >= 0.3 is 0 Å². The number of hydrogen-bond acceptors (Lipinski definition) is 7. The maximum Gasteiger partial charge on any atom is 0.220 e. The minimum absolute atomic E-state index is 0.0827. The fourth-order valence-electron chi connectivity index (χ4n) is 5.84. The Labute approximate surface area is 239 Å². The molecule has 0 unspecified atom stereocenters. The van der Waals surface area contributed by atoms with Crippen molar-refractivity contribution in [3.8, 4) is 17.2 Å². The lowest BCUT2D eigenvalue weighted by Crippen LogP contribution is -2.35. The molecule has 41 heavy (non-hydrogen) atoms. The number of fused-ring (bicyclic) bond motifs is 2. The Morgan fingerprint density at radius 1 is 1.02 bits per heavy atom. The number of carbonyl (C=O) groups excluding carboxylic acids is 1. The van der Waals surface area contributed by atoms with Crippen LogP contribution in [0.2, 0.25) is 0 Å². The molecule has 0 spiro atoms. The molecule has 214 valence electrons. The molecule has 3 heterocycles. The molecule has 0 radical (unpaired) electrons. The number of benzene rings is 2. The third kappa shape index (κ3) is 6.38. The van der Waals surface area contributed by atoms with Gasteiger partial charge in [0.25, 0.3) is 0 Å². The fraction of sp³-hybridized carbons (Fsp3) is 0.424. The smallest absolute Gasteiger partial charge is 0.220 e. The van der Waals surface area contributed by atoms with Crippen LogP contribution in [0.5, 0.6) is 17.2 Å². The van der Waals surface area contributed by atoms with E-state index >= 15 is 0 Å². The molecule has 1 amide bonds. The second-order valence-electron chi connectivity index (χ2n) is 11.5. The molecule has 8 heteroatoms. The van der Waals surface area contributed by atoms with E-state index in [0.29, 0.717) is 58.1 Å². The summed E-state index contributed by atoms with van der Waals surface area (Å²) in [6.07, 6.45) is 9.16. The van der Waals surface area contributed by atoms with Gasteiger partial charge in [-0.2, -0.15) is 0 Å². The molecule has 0 bridgehead atoms. The summed E-state index contributed by atoms with van der Waals surface area (Å²) in [4.78, 5) is 32.4. The van der Waals surface area contributed by atoms with Crippen LogP contribution in [-0.4, -0.2) is 48.1 Å². The van der Waals surface area contributed by atoms with Gasteiger partial charge in [0.1, 0.15) is 23.2 Å². The number of pyridine rings is 1. The lowest BCUT2D eigenvalue weighted by atomic mass is 10.1. The van der Waals surface area contributed by atoms with Crippen molar-refractivity contribution in [1.82, 2.24) is 15.2 Å². The number of aryl methyl sites for hydroxylation is 2. The van der Waals surface area contributed by atoms with Crippen molar-refractivity contribution in [2.75, 3.05) is 20.1 Å². The minimum atomic E-state index is -0.0901. The van der Waals surface area contributed by atoms with E-state index in [1.54, 1.807) is 24.4 Å². The molecule has 1 aliphatic carbocycles. The number of likely N-dealkylation sites (tertiary alicyclic amines) is 1. The van der Waals surface area contributed by atoms with Crippen LogP contribution < -0.4 is 20.2 Å². The van der Waals surface area contributed by atoms with Gasteiger partial charge in [0.2, 0.25) is 11.3 Å². The molecule has 1 aliphatic heterocycles. The van der Waals surface area contributed by atoms with Gasteiger partial charge in [-0.3, -0.25) is 14.6 Å². The molecule has 6 rings (SSSR count). The highest BCUT2D eigenvalue weighted by Crippen LogP contribution is 2.33. The van der Waals surface area contributed by atoms with E-state index in [4.69, 9.17) is 13.9 Å². The number of aromatic nitrogens is 1. The van der Waals surface area contributed by atoms with Gasteiger partial charge in [0.05, 0.1) is 17.0 Å². The predicted octanol–water partition coefficient (Wildman–Crippen LogP) is 5.91. The molecule has 1 saturated heterocycles. The van der Waals surface area contributed by atoms with E-state index in [-0.39, 0.29) is 17.4 Å². The molecule has 1 saturated carbocycles. The monoisotopic (exact) mass is 555 g/mol. The van der Waals surface area contributed by atoms with E-state index in [1.165, 1.54) is 12.8 Å². The standard InChI is InChI=1S/C33H37N3O5/c1-21-17-28-32(38)27-11-10-25(19-29(27)41-33(28)30(18-21)40-24-13-15-36(2)16-14-24)39-26-9-7-22(34-20-26)8-12-31(37)35-23-5-3-4-6-23/h7,9-11,17-20,23-24H,3-6,8,12-16H2,1-2H3,(H,35,37). The van der Waals surface area contributed by atoms with Crippen LogP contribution in [0.3, 0.4) is 0 Å². The van der Waals surface area contributed by atoms with Gasteiger partial charge in [-0.05, 0) is 88.0 Å². The summed E-state index contributed by atoms with van der Waals surface area (Å²) in [5.74, 6) is 1.79. The molecular formula is C33H37N3O5. The van der Waals surface area contributed by atoms with Crippen LogP contribution in [0.4, 0.5) is 0 Å². The van der Waals surface area contributed by atoms with Gasteiger partial charge < -0.3 is 24.1 Å². The maximum atomic E-state index is 13.4. The first kappa shape index (κ1) is 27.3. The Morgan fingerprint density at radius 3 is 2.56 bits per heavy atom. The van der Waals surface area contributed by atoms with Crippen molar-refractivity contribution in [1.29, 1.82) is 0 Å². The largest absolute Gasteiger partial charge is 0.486 e. The third-order valence-corrected chi connectivity index (χ3v) is 8.17. The summed E-state index contributed by atoms with van der Waals surface area (Å²) >= 11 is 0. The number of ether oxygens (including phenoxy) is 2. The molecule has 2 fully saturated rings. The quantitative estimate of drug-likeness (QED) is 0.270. The molecule has 0 atom stereocenters. The van der Waals surface area contributed by atoms with Crippen molar-refractivity contribution in [2.45, 2.75) is 70.4 Å². The highest BCUT2D eigenvalue weighted by atomic mass is 16.5. The highest BCUT2D eigenvalue weighted by molar-refractivity contribution is 5.93. The molecule has 1 N–H and O–H groups in total. The van der Waals surface area contributed by atoms with Crippen LogP contribution in [-0.2, 0) is 11.2 Å². The fourth-order valence-corrected chi connectivity index (χ4v) is 5.84. The van der Waals surface area contributed by atoms with Crippen LogP contribution in [0, 0.1) is 6.92 Å². The minimum Gasteiger partial charge on any atom is -0.486 e. The second kappa shape index (κ2) is 11.9. The Morgan fingerprint density at radius 2 is 1.80 bits per heavy atom. The summed E-state index contributed by atoms with van der Waals surface area (Å²) in [6.45, 7) is 3.92. The molecule has 8 nitrogen and oxygen atoms in total. The van der Waals surface area contributed by atoms with Gasteiger partial charge in [0, 0.05) is 37.3 Å². The van der Waals surface area contributed by atoms with Crippen LogP contribution in [0.25, 0.3) is 21.9 Å². The van der Waals surface area contributed by atoms with E-state index < -0.39 is 0 Å². The van der Waals surface area contributed by atoms with Crippen LogP contribution >= 0.6 is 0 Å². The zero-order chi connectivity index (χ0) is 28.3.